The third kappa shape index (κ3) is 5.31. The van der Waals surface area contributed by atoms with Gasteiger partial charge in [0.05, 0.1) is 27.3 Å². The number of sulfone groups is 1. The number of nitrogens with zero attached hydrogens (tertiary/aromatic N) is 2. The van der Waals surface area contributed by atoms with Crippen LogP contribution in [-0.4, -0.2) is 36.7 Å². The molecular weight excluding hydrogens is 448 g/mol. The highest BCUT2D eigenvalue weighted by molar-refractivity contribution is 7.98. The molecule has 0 aliphatic carbocycles. The Morgan fingerprint density at radius 2 is 1.93 bits per heavy atom. The average Bonchev–Trinajstić information content (AvgIpc) is 3.02. The van der Waals surface area contributed by atoms with Crippen LogP contribution in [0.15, 0.2) is 52.4 Å². The van der Waals surface area contributed by atoms with Gasteiger partial charge in [-0.25, -0.2) is 8.42 Å². The molecule has 1 heterocycles. The second kappa shape index (κ2) is 9.47. The van der Waals surface area contributed by atoms with Crippen LogP contribution in [0.3, 0.4) is 0 Å². The number of halogens is 1. The summed E-state index contributed by atoms with van der Waals surface area (Å²) in [5.74, 6) is 0.683. The van der Waals surface area contributed by atoms with Crippen LogP contribution < -0.4 is 4.80 Å². The molecule has 154 valence electrons. The van der Waals surface area contributed by atoms with Crippen molar-refractivity contribution >= 4 is 60.7 Å². The highest BCUT2D eigenvalue weighted by atomic mass is 35.5. The maximum atomic E-state index is 12.6. The van der Waals surface area contributed by atoms with Gasteiger partial charge in [-0.2, -0.15) is 16.8 Å². The molecule has 0 aliphatic heterocycles. The Bertz CT molecular complexity index is 1200. The lowest BCUT2D eigenvalue weighted by atomic mass is 10.1. The first kappa shape index (κ1) is 22.1. The first-order valence-corrected chi connectivity index (χ1v) is 13.2. The Kier molecular flexibility index (Phi) is 7.21. The van der Waals surface area contributed by atoms with Crippen LogP contribution in [0.5, 0.6) is 0 Å². The van der Waals surface area contributed by atoms with E-state index in [4.69, 9.17) is 11.6 Å². The molecule has 0 saturated carbocycles. The van der Waals surface area contributed by atoms with E-state index in [1.54, 1.807) is 43.0 Å². The standard InChI is InChI=1S/C20H21ClN2O3S3/c1-3-29(25,26)16-7-4-14(5-8-16)12-19(24)22-20-23(10-11-27-2)17-9-6-15(21)13-18(17)28-20/h4-9,13H,3,10-12H2,1-2H3. The molecule has 0 aliphatic rings. The molecule has 0 radical (unpaired) electrons. The van der Waals surface area contributed by atoms with Gasteiger partial charge in [0.1, 0.15) is 0 Å². The molecule has 5 nitrogen and oxygen atoms in total. The summed E-state index contributed by atoms with van der Waals surface area (Å²) in [5.41, 5.74) is 1.74. The predicted molar refractivity (Wildman–Crippen MR) is 122 cm³/mol. The normalized spacial score (nSPS) is 12.6. The number of amides is 1. The van der Waals surface area contributed by atoms with Crippen molar-refractivity contribution in [1.82, 2.24) is 4.57 Å². The molecule has 9 heteroatoms. The second-order valence-corrected chi connectivity index (χ2v) is 11.1. The molecule has 0 N–H and O–H groups in total. The van der Waals surface area contributed by atoms with E-state index in [-0.39, 0.29) is 23.0 Å². The van der Waals surface area contributed by atoms with E-state index in [0.29, 0.717) is 9.82 Å². The van der Waals surface area contributed by atoms with Gasteiger partial charge in [-0.05, 0) is 42.2 Å². The Labute approximate surface area is 183 Å². The van der Waals surface area contributed by atoms with Gasteiger partial charge < -0.3 is 4.57 Å². The lowest BCUT2D eigenvalue weighted by Crippen LogP contribution is -2.18. The fourth-order valence-electron chi connectivity index (χ4n) is 2.83. The van der Waals surface area contributed by atoms with E-state index in [9.17, 15) is 13.2 Å². The van der Waals surface area contributed by atoms with E-state index in [0.717, 1.165) is 28.1 Å². The van der Waals surface area contributed by atoms with Gasteiger partial charge in [0.25, 0.3) is 5.91 Å². The quantitative estimate of drug-likeness (QED) is 0.521. The van der Waals surface area contributed by atoms with Gasteiger partial charge in [-0.15, -0.1) is 0 Å². The average molecular weight is 469 g/mol. The SMILES string of the molecule is CCS(=O)(=O)c1ccc(CC(=O)N=c2sc3cc(Cl)ccc3n2CCSC)cc1. The molecule has 0 atom stereocenters. The van der Waals surface area contributed by atoms with Crippen molar-refractivity contribution in [3.8, 4) is 0 Å². The van der Waals surface area contributed by atoms with Crippen molar-refractivity contribution in [1.29, 1.82) is 0 Å². The minimum Gasteiger partial charge on any atom is -0.316 e. The number of aromatic nitrogens is 1. The van der Waals surface area contributed by atoms with Crippen LogP contribution in [0, 0.1) is 0 Å². The van der Waals surface area contributed by atoms with Crippen molar-refractivity contribution in [2.45, 2.75) is 24.8 Å². The lowest BCUT2D eigenvalue weighted by Gasteiger charge is -2.04. The number of aryl methyl sites for hydroxylation is 1. The zero-order chi connectivity index (χ0) is 21.0. The fourth-order valence-corrected chi connectivity index (χ4v) is 5.43. The van der Waals surface area contributed by atoms with Gasteiger partial charge in [0, 0.05) is 17.3 Å². The van der Waals surface area contributed by atoms with E-state index in [1.807, 2.05) is 29.0 Å². The Morgan fingerprint density at radius 3 is 2.59 bits per heavy atom. The Balaban J connectivity index is 1.89. The zero-order valence-electron chi connectivity index (χ0n) is 16.1. The molecule has 0 unspecified atom stereocenters. The third-order valence-corrected chi connectivity index (χ3v) is 8.02. The molecule has 1 aromatic heterocycles. The van der Waals surface area contributed by atoms with E-state index < -0.39 is 9.84 Å². The third-order valence-electron chi connectivity index (χ3n) is 4.40. The van der Waals surface area contributed by atoms with Crippen molar-refractivity contribution in [3.63, 3.8) is 0 Å². The highest BCUT2D eigenvalue weighted by Crippen LogP contribution is 2.22. The van der Waals surface area contributed by atoms with Gasteiger partial charge in [-0.1, -0.05) is 42.0 Å². The summed E-state index contributed by atoms with van der Waals surface area (Å²) in [5, 5.41) is 0.649. The molecular formula is C20H21ClN2O3S3. The molecule has 1 amide bonds. The van der Waals surface area contributed by atoms with Crippen molar-refractivity contribution < 1.29 is 13.2 Å². The van der Waals surface area contributed by atoms with Crippen LogP contribution in [0.1, 0.15) is 12.5 Å². The summed E-state index contributed by atoms with van der Waals surface area (Å²) in [6, 6.07) is 12.1. The smallest absolute Gasteiger partial charge is 0.252 e. The molecule has 0 spiro atoms. The summed E-state index contributed by atoms with van der Waals surface area (Å²) in [6.07, 6.45) is 2.15. The van der Waals surface area contributed by atoms with Crippen molar-refractivity contribution in [2.75, 3.05) is 17.8 Å². The number of rotatable bonds is 7. The van der Waals surface area contributed by atoms with E-state index in [2.05, 4.69) is 4.99 Å². The summed E-state index contributed by atoms with van der Waals surface area (Å²) in [6.45, 7) is 2.36. The number of thiazole rings is 1. The molecule has 0 bridgehead atoms. The first-order valence-electron chi connectivity index (χ1n) is 9.01. The van der Waals surface area contributed by atoms with Gasteiger partial charge >= 0.3 is 0 Å². The number of carbonyl (C=O) groups excluding carboxylic acids is 1. The van der Waals surface area contributed by atoms with Crippen molar-refractivity contribution in [3.05, 3.63) is 57.9 Å². The maximum Gasteiger partial charge on any atom is 0.252 e. The first-order chi connectivity index (χ1) is 13.8. The summed E-state index contributed by atoms with van der Waals surface area (Å²) >= 11 is 9.27. The van der Waals surface area contributed by atoms with Crippen LogP contribution in [0.4, 0.5) is 0 Å². The van der Waals surface area contributed by atoms with Crippen LogP contribution in [0.2, 0.25) is 5.02 Å². The number of fused-ring (bicyclic) bond motifs is 1. The lowest BCUT2D eigenvalue weighted by molar-refractivity contribution is -0.117. The minimum absolute atomic E-state index is 0.0482. The second-order valence-electron chi connectivity index (χ2n) is 6.37. The van der Waals surface area contributed by atoms with Crippen LogP contribution in [0.25, 0.3) is 10.2 Å². The molecule has 3 rings (SSSR count). The maximum absolute atomic E-state index is 12.6. The number of thioether (sulfide) groups is 1. The number of benzene rings is 2. The van der Waals surface area contributed by atoms with E-state index in [1.165, 1.54) is 11.3 Å². The van der Waals surface area contributed by atoms with Crippen LogP contribution >= 0.6 is 34.7 Å². The zero-order valence-corrected chi connectivity index (χ0v) is 19.3. The summed E-state index contributed by atoms with van der Waals surface area (Å²) in [4.78, 5) is 17.8. The van der Waals surface area contributed by atoms with E-state index >= 15 is 0 Å². The Hall–Kier alpha value is -1.61. The summed E-state index contributed by atoms with van der Waals surface area (Å²) in [7, 11) is -3.25. The molecule has 0 fully saturated rings. The minimum atomic E-state index is -3.25. The molecule has 3 aromatic rings. The number of hydrogen-bond acceptors (Lipinski definition) is 5. The van der Waals surface area contributed by atoms with Gasteiger partial charge in [0.2, 0.25) is 0 Å². The monoisotopic (exact) mass is 468 g/mol. The largest absolute Gasteiger partial charge is 0.316 e. The molecule has 29 heavy (non-hydrogen) atoms. The molecule has 2 aromatic carbocycles. The van der Waals surface area contributed by atoms with Gasteiger partial charge in [-0.3, -0.25) is 4.79 Å². The van der Waals surface area contributed by atoms with Crippen molar-refractivity contribution in [2.24, 2.45) is 4.99 Å². The predicted octanol–water partition coefficient (Wildman–Crippen LogP) is 4.18. The molecule has 0 saturated heterocycles. The topological polar surface area (TPSA) is 68.5 Å². The highest BCUT2D eigenvalue weighted by Gasteiger charge is 2.12. The number of hydrogen-bond donors (Lipinski definition) is 0. The fraction of sp³-hybridized carbons (Fsp3) is 0.300. The van der Waals surface area contributed by atoms with Gasteiger partial charge in [0.15, 0.2) is 14.6 Å². The Morgan fingerprint density at radius 1 is 1.21 bits per heavy atom. The summed E-state index contributed by atoms with van der Waals surface area (Å²) < 4.78 is 26.9. The number of carbonyl (C=O) groups is 1. The van der Waals surface area contributed by atoms with Crippen LogP contribution in [-0.2, 0) is 27.6 Å².